The zero-order valence-electron chi connectivity index (χ0n) is 16.8. The van der Waals surface area contributed by atoms with Crippen molar-refractivity contribution >= 4 is 47.0 Å². The highest BCUT2D eigenvalue weighted by atomic mass is 35.5. The standard InChI is InChI=1S/C24H25ClN2O2.ClH/c25-21-7-3-17(4-8-21)18-11-14-27(15-12-18)13-1-2-23(28)20-5-9-22-19(16-20)6-10-24(29)26-22;/h3-5,7-9,11,16H,1-2,6,10,12-15H2,(H,26,29);1H. The molecule has 0 atom stereocenters. The zero-order chi connectivity index (χ0) is 20.2. The number of carbonyl (C=O) groups is 2. The summed E-state index contributed by atoms with van der Waals surface area (Å²) in [7, 11) is 0. The molecule has 158 valence electrons. The van der Waals surface area contributed by atoms with E-state index in [1.54, 1.807) is 0 Å². The number of benzene rings is 2. The summed E-state index contributed by atoms with van der Waals surface area (Å²) in [5, 5.41) is 3.63. The number of nitrogens with zero attached hydrogens (tertiary/aromatic N) is 1. The monoisotopic (exact) mass is 444 g/mol. The van der Waals surface area contributed by atoms with Crippen LogP contribution in [0.3, 0.4) is 0 Å². The summed E-state index contributed by atoms with van der Waals surface area (Å²) in [5.41, 5.74) is 5.27. The lowest BCUT2D eigenvalue weighted by molar-refractivity contribution is -0.116. The minimum Gasteiger partial charge on any atom is -0.326 e. The van der Waals surface area contributed by atoms with E-state index in [1.807, 2.05) is 30.3 Å². The number of nitrogens with one attached hydrogen (secondary N) is 1. The number of fused-ring (bicyclic) bond motifs is 1. The maximum absolute atomic E-state index is 12.6. The lowest BCUT2D eigenvalue weighted by Crippen LogP contribution is -2.29. The molecule has 30 heavy (non-hydrogen) atoms. The number of anilines is 1. The second-order valence-corrected chi connectivity index (χ2v) is 8.17. The molecule has 2 heterocycles. The first-order valence-corrected chi connectivity index (χ1v) is 10.6. The van der Waals surface area contributed by atoms with Crippen LogP contribution in [-0.2, 0) is 11.2 Å². The largest absolute Gasteiger partial charge is 0.326 e. The Hall–Kier alpha value is -2.14. The highest BCUT2D eigenvalue weighted by Crippen LogP contribution is 2.25. The summed E-state index contributed by atoms with van der Waals surface area (Å²) < 4.78 is 0. The normalized spacial score (nSPS) is 16.2. The van der Waals surface area contributed by atoms with Gasteiger partial charge in [-0.2, -0.15) is 0 Å². The molecule has 0 saturated heterocycles. The fourth-order valence-corrected chi connectivity index (χ4v) is 4.13. The average molecular weight is 445 g/mol. The van der Waals surface area contributed by atoms with Crippen molar-refractivity contribution < 1.29 is 9.59 Å². The Bertz CT molecular complexity index is 954. The molecule has 1 N–H and O–H groups in total. The van der Waals surface area contributed by atoms with Crippen molar-refractivity contribution in [2.24, 2.45) is 0 Å². The van der Waals surface area contributed by atoms with Gasteiger partial charge in [-0.15, -0.1) is 12.4 Å². The fraction of sp³-hybridized carbons (Fsp3) is 0.333. The van der Waals surface area contributed by atoms with Crippen LogP contribution in [-0.4, -0.2) is 36.2 Å². The molecule has 6 heteroatoms. The van der Waals surface area contributed by atoms with Crippen molar-refractivity contribution in [2.45, 2.75) is 32.1 Å². The quantitative estimate of drug-likeness (QED) is 0.606. The van der Waals surface area contributed by atoms with Gasteiger partial charge in [0.2, 0.25) is 5.91 Å². The number of carbonyl (C=O) groups excluding carboxylic acids is 2. The first-order chi connectivity index (χ1) is 14.1. The molecule has 0 radical (unpaired) electrons. The molecule has 0 spiro atoms. The highest BCUT2D eigenvalue weighted by Gasteiger charge is 2.17. The van der Waals surface area contributed by atoms with Gasteiger partial charge in [-0.05, 0) is 72.8 Å². The Morgan fingerprint density at radius 1 is 1.07 bits per heavy atom. The van der Waals surface area contributed by atoms with E-state index in [1.165, 1.54) is 11.1 Å². The van der Waals surface area contributed by atoms with Gasteiger partial charge in [0.1, 0.15) is 0 Å². The van der Waals surface area contributed by atoms with Crippen molar-refractivity contribution in [3.63, 3.8) is 0 Å². The third-order valence-corrected chi connectivity index (χ3v) is 5.96. The van der Waals surface area contributed by atoms with Crippen molar-refractivity contribution in [1.29, 1.82) is 0 Å². The second kappa shape index (κ2) is 10.3. The van der Waals surface area contributed by atoms with E-state index in [0.29, 0.717) is 19.3 Å². The van der Waals surface area contributed by atoms with Gasteiger partial charge in [0, 0.05) is 42.2 Å². The van der Waals surface area contributed by atoms with Gasteiger partial charge in [-0.3, -0.25) is 14.5 Å². The molecule has 0 aromatic heterocycles. The number of halogens is 2. The smallest absolute Gasteiger partial charge is 0.224 e. The number of ketones is 1. The van der Waals surface area contributed by atoms with Crippen LogP contribution in [0.5, 0.6) is 0 Å². The Labute approximate surface area is 188 Å². The average Bonchev–Trinajstić information content (AvgIpc) is 2.74. The topological polar surface area (TPSA) is 49.4 Å². The number of rotatable bonds is 6. The molecule has 4 nitrogen and oxygen atoms in total. The molecule has 4 rings (SSSR count). The second-order valence-electron chi connectivity index (χ2n) is 7.73. The van der Waals surface area contributed by atoms with Crippen LogP contribution >= 0.6 is 24.0 Å². The molecule has 0 fully saturated rings. The lowest BCUT2D eigenvalue weighted by Gasteiger charge is -2.26. The van der Waals surface area contributed by atoms with E-state index in [4.69, 9.17) is 11.6 Å². The minimum atomic E-state index is 0. The van der Waals surface area contributed by atoms with Gasteiger partial charge in [0.15, 0.2) is 5.78 Å². The predicted octanol–water partition coefficient (Wildman–Crippen LogP) is 5.40. The van der Waals surface area contributed by atoms with Gasteiger partial charge >= 0.3 is 0 Å². The maximum atomic E-state index is 12.6. The summed E-state index contributed by atoms with van der Waals surface area (Å²) in [6.45, 7) is 2.86. The fourth-order valence-electron chi connectivity index (χ4n) is 4.00. The van der Waals surface area contributed by atoms with Crippen molar-refractivity contribution in [3.05, 3.63) is 70.3 Å². The molecular weight excluding hydrogens is 419 g/mol. The van der Waals surface area contributed by atoms with E-state index >= 15 is 0 Å². The van der Waals surface area contributed by atoms with E-state index in [9.17, 15) is 9.59 Å². The number of amides is 1. The first kappa shape index (κ1) is 22.5. The van der Waals surface area contributed by atoms with Gasteiger partial charge in [0.25, 0.3) is 0 Å². The van der Waals surface area contributed by atoms with Crippen molar-refractivity contribution in [1.82, 2.24) is 4.90 Å². The van der Waals surface area contributed by atoms with Crippen LogP contribution in [0.25, 0.3) is 5.57 Å². The maximum Gasteiger partial charge on any atom is 0.224 e. The van der Waals surface area contributed by atoms with Crippen LogP contribution in [0.2, 0.25) is 5.02 Å². The van der Waals surface area contributed by atoms with E-state index in [2.05, 4.69) is 28.4 Å². The number of Topliss-reactive ketones (excluding diaryl/α,β-unsaturated/α-hetero) is 1. The Kier molecular flexibility index (Phi) is 7.70. The molecule has 0 bridgehead atoms. The SMILES string of the molecule is Cl.O=C1CCc2cc(C(=O)CCCN3CC=C(c4ccc(Cl)cc4)CC3)ccc2N1. The molecule has 2 aliphatic rings. The number of aryl methyl sites for hydroxylation is 1. The third kappa shape index (κ3) is 5.51. The summed E-state index contributed by atoms with van der Waals surface area (Å²) in [5.74, 6) is 0.227. The van der Waals surface area contributed by atoms with Crippen LogP contribution in [0.4, 0.5) is 5.69 Å². The number of hydrogen-bond donors (Lipinski definition) is 1. The van der Waals surface area contributed by atoms with E-state index in [-0.39, 0.29) is 24.1 Å². The highest BCUT2D eigenvalue weighted by molar-refractivity contribution is 6.30. The summed E-state index contributed by atoms with van der Waals surface area (Å²) in [6.07, 6.45) is 5.91. The van der Waals surface area contributed by atoms with Gasteiger partial charge in [-0.1, -0.05) is 29.8 Å². The van der Waals surface area contributed by atoms with Crippen LogP contribution in [0.15, 0.2) is 48.5 Å². The first-order valence-electron chi connectivity index (χ1n) is 10.2. The van der Waals surface area contributed by atoms with Gasteiger partial charge < -0.3 is 5.32 Å². The molecular formula is C24H26Cl2N2O2. The van der Waals surface area contributed by atoms with E-state index in [0.717, 1.165) is 54.3 Å². The summed E-state index contributed by atoms with van der Waals surface area (Å²) in [6, 6.07) is 13.6. The van der Waals surface area contributed by atoms with Crippen LogP contribution in [0.1, 0.15) is 47.2 Å². The Morgan fingerprint density at radius 3 is 2.60 bits per heavy atom. The van der Waals surface area contributed by atoms with Crippen LogP contribution < -0.4 is 5.32 Å². The van der Waals surface area contributed by atoms with Gasteiger partial charge in [0.05, 0.1) is 0 Å². The molecule has 0 aliphatic carbocycles. The molecule has 0 unspecified atom stereocenters. The predicted molar refractivity (Wildman–Crippen MR) is 125 cm³/mol. The Balaban J connectivity index is 0.00000256. The number of hydrogen-bond acceptors (Lipinski definition) is 3. The third-order valence-electron chi connectivity index (χ3n) is 5.71. The van der Waals surface area contributed by atoms with Crippen LogP contribution in [0, 0.1) is 0 Å². The Morgan fingerprint density at radius 2 is 1.87 bits per heavy atom. The summed E-state index contributed by atoms with van der Waals surface area (Å²) >= 11 is 5.97. The summed E-state index contributed by atoms with van der Waals surface area (Å²) in [4.78, 5) is 26.4. The van der Waals surface area contributed by atoms with Crippen molar-refractivity contribution in [2.75, 3.05) is 25.0 Å². The molecule has 2 aromatic rings. The molecule has 0 saturated carbocycles. The molecule has 1 amide bonds. The lowest BCUT2D eigenvalue weighted by atomic mass is 9.97. The minimum absolute atomic E-state index is 0. The van der Waals surface area contributed by atoms with E-state index < -0.39 is 0 Å². The van der Waals surface area contributed by atoms with Gasteiger partial charge in [-0.25, -0.2) is 0 Å². The van der Waals surface area contributed by atoms with Crippen molar-refractivity contribution in [3.8, 4) is 0 Å². The molecule has 2 aromatic carbocycles. The molecule has 2 aliphatic heterocycles. The zero-order valence-corrected chi connectivity index (χ0v) is 18.4.